The predicted molar refractivity (Wildman–Crippen MR) is 108 cm³/mol. The van der Waals surface area contributed by atoms with Gasteiger partial charge in [0.2, 0.25) is 0 Å². The van der Waals surface area contributed by atoms with Crippen molar-refractivity contribution in [3.63, 3.8) is 0 Å². The molecule has 4 nitrogen and oxygen atoms in total. The summed E-state index contributed by atoms with van der Waals surface area (Å²) in [6.45, 7) is 5.99. The second kappa shape index (κ2) is 9.81. The van der Waals surface area contributed by atoms with Crippen LogP contribution in [-0.4, -0.2) is 24.8 Å². The zero-order valence-electron chi connectivity index (χ0n) is 16.5. The summed E-state index contributed by atoms with van der Waals surface area (Å²) in [5.41, 5.74) is 3.87. The average Bonchev–Trinajstić information content (AvgIpc) is 2.65. The summed E-state index contributed by atoms with van der Waals surface area (Å²) in [7, 11) is 1.58. The van der Waals surface area contributed by atoms with Crippen molar-refractivity contribution in [3.8, 4) is 11.5 Å². The number of phenols is 1. The molecule has 1 N–H and O–H groups in total. The lowest BCUT2D eigenvalue weighted by molar-refractivity contribution is 0.0521. The Balaban J connectivity index is 2.47. The van der Waals surface area contributed by atoms with E-state index in [9.17, 15) is 9.90 Å². The Hall–Kier alpha value is -2.75. The Morgan fingerprint density at radius 3 is 2.44 bits per heavy atom. The molecule has 0 saturated heterocycles. The second-order valence-corrected chi connectivity index (χ2v) is 6.63. The van der Waals surface area contributed by atoms with Crippen LogP contribution in [0.5, 0.6) is 11.5 Å². The number of carbonyl (C=O) groups excluding carboxylic acids is 1. The van der Waals surface area contributed by atoms with Crippen LogP contribution < -0.4 is 4.74 Å². The van der Waals surface area contributed by atoms with Gasteiger partial charge < -0.3 is 14.6 Å². The van der Waals surface area contributed by atoms with Gasteiger partial charge in [0.25, 0.3) is 0 Å². The Labute approximate surface area is 161 Å². The maximum atomic E-state index is 12.5. The topological polar surface area (TPSA) is 55.8 Å². The van der Waals surface area contributed by atoms with E-state index in [-0.39, 0.29) is 17.9 Å². The van der Waals surface area contributed by atoms with Crippen molar-refractivity contribution in [2.45, 2.75) is 40.0 Å². The van der Waals surface area contributed by atoms with E-state index in [2.05, 4.69) is 0 Å². The molecule has 2 aromatic carbocycles. The lowest BCUT2D eigenvalue weighted by atomic mass is 9.94. The van der Waals surface area contributed by atoms with Gasteiger partial charge in [-0.1, -0.05) is 42.0 Å². The summed E-state index contributed by atoms with van der Waals surface area (Å²) >= 11 is 0. The molecule has 4 heteroatoms. The van der Waals surface area contributed by atoms with E-state index in [0.29, 0.717) is 24.2 Å². The van der Waals surface area contributed by atoms with Gasteiger partial charge in [-0.3, -0.25) is 0 Å². The van der Waals surface area contributed by atoms with E-state index >= 15 is 0 Å². The van der Waals surface area contributed by atoms with Crippen molar-refractivity contribution < 1.29 is 19.4 Å². The number of benzene rings is 2. The van der Waals surface area contributed by atoms with E-state index in [1.165, 1.54) is 5.56 Å². The van der Waals surface area contributed by atoms with Gasteiger partial charge in [0.1, 0.15) is 17.1 Å². The Morgan fingerprint density at radius 2 is 1.85 bits per heavy atom. The van der Waals surface area contributed by atoms with Crippen LogP contribution in [0.15, 0.2) is 48.0 Å². The van der Waals surface area contributed by atoms with Crippen LogP contribution in [0.25, 0.3) is 0 Å². The first-order valence-corrected chi connectivity index (χ1v) is 9.24. The van der Waals surface area contributed by atoms with Gasteiger partial charge in [0.05, 0.1) is 13.7 Å². The zero-order valence-corrected chi connectivity index (χ0v) is 16.5. The molecule has 0 unspecified atom stereocenters. The van der Waals surface area contributed by atoms with Crippen LogP contribution >= 0.6 is 0 Å². The molecule has 0 saturated carbocycles. The molecule has 0 aliphatic heterocycles. The van der Waals surface area contributed by atoms with Gasteiger partial charge in [-0.15, -0.1) is 0 Å². The third-order valence-electron chi connectivity index (χ3n) is 4.39. The highest BCUT2D eigenvalue weighted by Crippen LogP contribution is 2.36. The molecule has 0 aliphatic carbocycles. The fourth-order valence-corrected chi connectivity index (χ4v) is 2.97. The summed E-state index contributed by atoms with van der Waals surface area (Å²) in [6, 6.07) is 11.9. The van der Waals surface area contributed by atoms with Gasteiger partial charge in [-0.25, -0.2) is 4.79 Å². The molecule has 0 spiro atoms. The molecule has 2 aromatic rings. The first kappa shape index (κ1) is 20.6. The van der Waals surface area contributed by atoms with E-state index in [4.69, 9.17) is 9.47 Å². The van der Waals surface area contributed by atoms with Crippen molar-refractivity contribution in [2.24, 2.45) is 0 Å². The van der Waals surface area contributed by atoms with Crippen molar-refractivity contribution in [2.75, 3.05) is 13.7 Å². The summed E-state index contributed by atoms with van der Waals surface area (Å²) in [5, 5.41) is 10.9. The Morgan fingerprint density at radius 1 is 1.15 bits per heavy atom. The maximum absolute atomic E-state index is 12.5. The van der Waals surface area contributed by atoms with Crippen LogP contribution in [0.3, 0.4) is 0 Å². The van der Waals surface area contributed by atoms with E-state index in [1.54, 1.807) is 14.0 Å². The fraction of sp³-hybridized carbons (Fsp3) is 0.348. The zero-order chi connectivity index (χ0) is 19.8. The molecule has 0 bridgehead atoms. The van der Waals surface area contributed by atoms with Crippen molar-refractivity contribution >= 4 is 5.97 Å². The quantitative estimate of drug-likeness (QED) is 0.533. The minimum Gasteiger partial charge on any atom is -0.507 e. The summed E-state index contributed by atoms with van der Waals surface area (Å²) < 4.78 is 10.7. The number of aryl methyl sites for hydroxylation is 2. The molecule has 0 heterocycles. The highest BCUT2D eigenvalue weighted by Gasteiger charge is 2.23. The van der Waals surface area contributed by atoms with E-state index < -0.39 is 5.97 Å². The average molecular weight is 368 g/mol. The number of allylic oxidation sites excluding steroid dienone is 2. The monoisotopic (exact) mass is 368 g/mol. The number of aromatic hydroxyl groups is 1. The largest absolute Gasteiger partial charge is 0.507 e. The van der Waals surface area contributed by atoms with Gasteiger partial charge in [-0.2, -0.15) is 0 Å². The Kier molecular flexibility index (Phi) is 7.47. The van der Waals surface area contributed by atoms with Crippen LogP contribution in [0.2, 0.25) is 0 Å². The van der Waals surface area contributed by atoms with Gasteiger partial charge >= 0.3 is 5.97 Å². The normalized spacial score (nSPS) is 10.4. The van der Waals surface area contributed by atoms with Crippen molar-refractivity contribution in [1.29, 1.82) is 0 Å². The van der Waals surface area contributed by atoms with E-state index in [0.717, 1.165) is 17.6 Å². The van der Waals surface area contributed by atoms with Crippen LogP contribution in [0.4, 0.5) is 0 Å². The Bertz CT molecular complexity index is 803. The lowest BCUT2D eigenvalue weighted by Crippen LogP contribution is -2.11. The molecule has 0 amide bonds. The SMILES string of the molecule is CCOC(=O)c1c(CCc2ccccc2)cc(OC)c(CC=C(C)C)c1O. The first-order chi connectivity index (χ1) is 13.0. The minimum atomic E-state index is -0.501. The number of hydrogen-bond acceptors (Lipinski definition) is 4. The van der Waals surface area contributed by atoms with Crippen molar-refractivity contribution in [1.82, 2.24) is 0 Å². The molecular formula is C23H28O4. The predicted octanol–water partition coefficient (Wildman–Crippen LogP) is 4.87. The number of rotatable bonds is 8. The third kappa shape index (κ3) is 5.36. The summed E-state index contributed by atoms with van der Waals surface area (Å²) in [5.74, 6) is 0.0358. The molecule has 2 rings (SSSR count). The van der Waals surface area contributed by atoms with E-state index in [1.807, 2.05) is 56.3 Å². The van der Waals surface area contributed by atoms with Gasteiger partial charge in [0, 0.05) is 5.56 Å². The highest BCUT2D eigenvalue weighted by molar-refractivity contribution is 5.95. The lowest BCUT2D eigenvalue weighted by Gasteiger charge is -2.17. The first-order valence-electron chi connectivity index (χ1n) is 9.24. The molecular weight excluding hydrogens is 340 g/mol. The fourth-order valence-electron chi connectivity index (χ4n) is 2.97. The van der Waals surface area contributed by atoms with Crippen LogP contribution in [-0.2, 0) is 24.0 Å². The highest BCUT2D eigenvalue weighted by atomic mass is 16.5. The molecule has 0 radical (unpaired) electrons. The van der Waals surface area contributed by atoms with Crippen LogP contribution in [0.1, 0.15) is 47.8 Å². The molecule has 0 atom stereocenters. The summed E-state index contributed by atoms with van der Waals surface area (Å²) in [4.78, 5) is 12.5. The number of hydrogen-bond donors (Lipinski definition) is 1. The molecule has 0 aromatic heterocycles. The molecule has 27 heavy (non-hydrogen) atoms. The molecule has 144 valence electrons. The number of carbonyl (C=O) groups is 1. The number of ether oxygens (including phenoxy) is 2. The minimum absolute atomic E-state index is 0.0478. The smallest absolute Gasteiger partial charge is 0.342 e. The number of phenolic OH excluding ortho intramolecular Hbond substituents is 1. The molecule has 0 aliphatic rings. The molecule has 0 fully saturated rings. The van der Waals surface area contributed by atoms with Crippen LogP contribution in [0, 0.1) is 0 Å². The summed E-state index contributed by atoms with van der Waals surface area (Å²) in [6.07, 6.45) is 3.84. The standard InChI is InChI=1S/C23H28O4/c1-5-27-23(25)21-18(13-12-17-9-7-6-8-10-17)15-20(26-4)19(22(21)24)14-11-16(2)3/h6-11,15,24H,5,12-14H2,1-4H3. The van der Waals surface area contributed by atoms with Gasteiger partial charge in [-0.05, 0) is 57.2 Å². The second-order valence-electron chi connectivity index (χ2n) is 6.63. The van der Waals surface area contributed by atoms with Gasteiger partial charge in [0.15, 0.2) is 0 Å². The number of methoxy groups -OCH3 is 1. The number of esters is 1. The van der Waals surface area contributed by atoms with Crippen molar-refractivity contribution in [3.05, 3.63) is 70.3 Å². The third-order valence-corrected chi connectivity index (χ3v) is 4.39. The maximum Gasteiger partial charge on any atom is 0.342 e.